The third-order valence-corrected chi connectivity index (χ3v) is 7.03. The van der Waals surface area contributed by atoms with Gasteiger partial charge in [-0.3, -0.25) is 9.78 Å². The lowest BCUT2D eigenvalue weighted by molar-refractivity contribution is -0.136. The summed E-state index contributed by atoms with van der Waals surface area (Å²) in [6, 6.07) is 1.54. The molecule has 3 heterocycles. The first-order valence-electron chi connectivity index (χ1n) is 11.6. The van der Waals surface area contributed by atoms with Crippen molar-refractivity contribution in [3.05, 3.63) is 52.0 Å². The first-order chi connectivity index (χ1) is 16.5. The van der Waals surface area contributed by atoms with E-state index in [1.165, 1.54) is 6.20 Å². The fraction of sp³-hybridized carbons (Fsp3) is 0.481. The van der Waals surface area contributed by atoms with Crippen LogP contribution < -0.4 is 4.31 Å². The first kappa shape index (κ1) is 27.2. The van der Waals surface area contributed by atoms with Crippen molar-refractivity contribution in [1.82, 2.24) is 4.98 Å². The Labute approximate surface area is 211 Å². The van der Waals surface area contributed by atoms with E-state index >= 15 is 0 Å². The highest BCUT2D eigenvalue weighted by Crippen LogP contribution is 2.49. The quantitative estimate of drug-likeness (QED) is 0.517. The Hall–Kier alpha value is -2.42. The van der Waals surface area contributed by atoms with Crippen LogP contribution in [0, 0.1) is 19.7 Å². The van der Waals surface area contributed by atoms with Crippen molar-refractivity contribution in [2.24, 2.45) is 0 Å². The normalized spacial score (nSPS) is 15.0. The molecule has 0 amide bonds. The Kier molecular flexibility index (Phi) is 8.62. The number of anilines is 1. The summed E-state index contributed by atoms with van der Waals surface area (Å²) < 4.78 is 26.4. The van der Waals surface area contributed by atoms with Crippen LogP contribution in [0.2, 0.25) is 0 Å². The summed E-state index contributed by atoms with van der Waals surface area (Å²) >= 11 is 1.55. The Bertz CT molecular complexity index is 1140. The van der Waals surface area contributed by atoms with E-state index in [9.17, 15) is 14.3 Å². The molecule has 2 aliphatic rings. The third-order valence-electron chi connectivity index (χ3n) is 6.28. The molecule has 0 bridgehead atoms. The Morgan fingerprint density at radius 2 is 1.97 bits per heavy atom. The fourth-order valence-electron chi connectivity index (χ4n) is 4.43. The number of halogens is 1. The van der Waals surface area contributed by atoms with Gasteiger partial charge in [-0.05, 0) is 74.9 Å². The van der Waals surface area contributed by atoms with Crippen LogP contribution in [-0.4, -0.2) is 48.2 Å². The number of aliphatic carboxylic acids is 1. The topological polar surface area (TPSA) is 71.9 Å². The van der Waals surface area contributed by atoms with Crippen molar-refractivity contribution in [3.63, 3.8) is 0 Å². The molecule has 0 unspecified atom stereocenters. The molecule has 190 valence electrons. The predicted octanol–water partition coefficient (Wildman–Crippen LogP) is 5.96. The Morgan fingerprint density at radius 1 is 1.29 bits per heavy atom. The van der Waals surface area contributed by atoms with Crippen molar-refractivity contribution < 1.29 is 23.8 Å². The fourth-order valence-corrected chi connectivity index (χ4v) is 5.10. The lowest BCUT2D eigenvalue weighted by Crippen LogP contribution is -2.24. The molecule has 1 aromatic heterocycles. The highest BCUT2D eigenvalue weighted by atomic mass is 32.2. The van der Waals surface area contributed by atoms with Gasteiger partial charge in [0.15, 0.2) is 0 Å². The summed E-state index contributed by atoms with van der Waals surface area (Å²) in [6.45, 7) is 11.7. The van der Waals surface area contributed by atoms with Gasteiger partial charge < -0.3 is 18.9 Å². The zero-order valence-corrected chi connectivity index (χ0v) is 22.4. The predicted molar refractivity (Wildman–Crippen MR) is 140 cm³/mol. The standard InChI is InChI=1S/C22H23FN2O3S.C5H12O/c1-12-17(9-18(26)27)19(14-4-6-28-7-5-14)13(2)20-21-15(8-16(23)10-24-21)11-25(29-3)22(12)20;1-5(2,3)6-4/h4,8,10H,5-7,9,11H2,1-3H3,(H,26,27);1-4H3. The molecular formula is C27H35FN2O4S. The third kappa shape index (κ3) is 6.05. The van der Waals surface area contributed by atoms with Gasteiger partial charge in [0.25, 0.3) is 0 Å². The van der Waals surface area contributed by atoms with E-state index in [0.29, 0.717) is 19.8 Å². The second-order valence-electron chi connectivity index (χ2n) is 9.65. The summed E-state index contributed by atoms with van der Waals surface area (Å²) in [4.78, 5) is 16.1. The average molecular weight is 503 g/mol. The second kappa shape index (κ2) is 11.1. The number of hydrogen-bond acceptors (Lipinski definition) is 6. The summed E-state index contributed by atoms with van der Waals surface area (Å²) in [6.07, 6.45) is 5.96. The van der Waals surface area contributed by atoms with Crippen molar-refractivity contribution in [2.45, 2.75) is 59.6 Å². The van der Waals surface area contributed by atoms with Gasteiger partial charge in [0.05, 0.1) is 49.4 Å². The zero-order chi connectivity index (χ0) is 25.9. The second-order valence-corrected chi connectivity index (χ2v) is 10.5. The van der Waals surface area contributed by atoms with E-state index < -0.39 is 5.97 Å². The van der Waals surface area contributed by atoms with Gasteiger partial charge in [-0.1, -0.05) is 18.0 Å². The van der Waals surface area contributed by atoms with Gasteiger partial charge >= 0.3 is 5.97 Å². The van der Waals surface area contributed by atoms with Crippen LogP contribution in [0.25, 0.3) is 16.8 Å². The number of fused-ring (bicyclic) bond motifs is 3. The number of methoxy groups -OCH3 is 1. The maximum atomic E-state index is 13.9. The molecule has 0 radical (unpaired) electrons. The van der Waals surface area contributed by atoms with Gasteiger partial charge in [0.2, 0.25) is 0 Å². The molecule has 0 spiro atoms. The number of aromatic nitrogens is 1. The smallest absolute Gasteiger partial charge is 0.307 e. The summed E-state index contributed by atoms with van der Waals surface area (Å²) in [5.74, 6) is -1.20. The van der Waals surface area contributed by atoms with E-state index in [0.717, 1.165) is 56.8 Å². The number of hydrogen-bond donors (Lipinski definition) is 1. The number of nitrogens with zero attached hydrogens (tertiary/aromatic N) is 2. The number of benzene rings is 1. The number of carbonyl (C=O) groups is 1. The molecule has 1 aromatic carbocycles. The van der Waals surface area contributed by atoms with Crippen LogP contribution in [0.4, 0.5) is 10.1 Å². The minimum Gasteiger partial charge on any atom is -0.481 e. The van der Waals surface area contributed by atoms with Crippen molar-refractivity contribution >= 4 is 29.2 Å². The van der Waals surface area contributed by atoms with E-state index in [2.05, 4.69) is 9.29 Å². The molecule has 4 rings (SSSR count). The molecule has 6 nitrogen and oxygen atoms in total. The van der Waals surface area contributed by atoms with Gasteiger partial charge in [-0.25, -0.2) is 4.39 Å². The van der Waals surface area contributed by atoms with Crippen LogP contribution in [0.3, 0.4) is 0 Å². The van der Waals surface area contributed by atoms with E-state index in [4.69, 9.17) is 9.47 Å². The molecular weight excluding hydrogens is 467 g/mol. The SMILES string of the molecule is COC(C)(C)C.CSN1Cc2cc(F)cnc2-c2c(C)c(C3=CCOCC3)c(CC(=O)O)c(C)c21. The maximum absolute atomic E-state index is 13.9. The summed E-state index contributed by atoms with van der Waals surface area (Å²) in [5.41, 5.74) is 8.48. The van der Waals surface area contributed by atoms with Crippen molar-refractivity contribution in [1.29, 1.82) is 0 Å². The minimum absolute atomic E-state index is 0.0417. The van der Waals surface area contributed by atoms with E-state index in [-0.39, 0.29) is 17.8 Å². The highest BCUT2D eigenvalue weighted by molar-refractivity contribution is 7.99. The van der Waals surface area contributed by atoms with Gasteiger partial charge in [0, 0.05) is 24.5 Å². The Morgan fingerprint density at radius 3 is 2.51 bits per heavy atom. The minimum atomic E-state index is -0.853. The molecule has 0 atom stereocenters. The monoisotopic (exact) mass is 502 g/mol. The number of carboxylic acid groups (broad SMARTS) is 1. The molecule has 35 heavy (non-hydrogen) atoms. The maximum Gasteiger partial charge on any atom is 0.307 e. The number of carboxylic acids is 1. The molecule has 8 heteroatoms. The number of ether oxygens (including phenoxy) is 2. The summed E-state index contributed by atoms with van der Waals surface area (Å²) in [7, 11) is 1.71. The van der Waals surface area contributed by atoms with Gasteiger partial charge in [-0.15, -0.1) is 0 Å². The zero-order valence-electron chi connectivity index (χ0n) is 21.6. The van der Waals surface area contributed by atoms with Crippen LogP contribution >= 0.6 is 11.9 Å². The number of rotatable bonds is 4. The van der Waals surface area contributed by atoms with Crippen molar-refractivity contribution in [3.8, 4) is 11.3 Å². The molecule has 0 aliphatic carbocycles. The summed E-state index contributed by atoms with van der Waals surface area (Å²) in [5, 5.41) is 9.60. The Balaban J connectivity index is 0.000000509. The highest BCUT2D eigenvalue weighted by Gasteiger charge is 2.32. The molecule has 0 saturated carbocycles. The van der Waals surface area contributed by atoms with Crippen LogP contribution in [0.5, 0.6) is 0 Å². The largest absolute Gasteiger partial charge is 0.481 e. The first-order valence-corrected chi connectivity index (χ1v) is 12.8. The van der Waals surface area contributed by atoms with Crippen LogP contribution in [0.15, 0.2) is 18.3 Å². The van der Waals surface area contributed by atoms with Gasteiger partial charge in [0.1, 0.15) is 5.82 Å². The molecule has 2 aliphatic heterocycles. The lowest BCUT2D eigenvalue weighted by atomic mass is 9.81. The molecule has 0 saturated heterocycles. The molecule has 0 fully saturated rings. The van der Waals surface area contributed by atoms with Crippen LogP contribution in [-0.2, 0) is 27.2 Å². The molecule has 1 N–H and O–H groups in total. The van der Waals surface area contributed by atoms with Crippen LogP contribution in [0.1, 0.15) is 55.0 Å². The van der Waals surface area contributed by atoms with Gasteiger partial charge in [-0.2, -0.15) is 0 Å². The van der Waals surface area contributed by atoms with E-state index in [1.807, 2.05) is 47.0 Å². The van der Waals surface area contributed by atoms with Crippen molar-refractivity contribution in [2.75, 3.05) is 30.9 Å². The number of pyridine rings is 1. The average Bonchev–Trinajstić information content (AvgIpc) is 2.81. The molecule has 2 aromatic rings. The van der Waals surface area contributed by atoms with E-state index in [1.54, 1.807) is 25.1 Å². The lowest BCUT2D eigenvalue weighted by Gasteiger charge is -2.35.